The van der Waals surface area contributed by atoms with Crippen LogP contribution >= 0.6 is 0 Å². The number of piperidine rings is 1. The van der Waals surface area contributed by atoms with E-state index in [2.05, 4.69) is 0 Å². The number of amides is 2. The van der Waals surface area contributed by atoms with Crippen LogP contribution in [0.25, 0.3) is 0 Å². The second-order valence-electron chi connectivity index (χ2n) is 4.64. The lowest BCUT2D eigenvalue weighted by Gasteiger charge is -2.34. The van der Waals surface area contributed by atoms with Crippen molar-refractivity contribution in [2.75, 3.05) is 32.8 Å². The SMILES string of the molecule is O=C(O)C1CCN(C(=O)N(CCO)CC(F)(F)F)CC1. The fraction of sp³-hybridized carbons (Fsp3) is 0.818. The van der Waals surface area contributed by atoms with Gasteiger partial charge in [-0.05, 0) is 12.8 Å². The third-order valence-electron chi connectivity index (χ3n) is 3.13. The van der Waals surface area contributed by atoms with Gasteiger partial charge >= 0.3 is 18.2 Å². The van der Waals surface area contributed by atoms with E-state index in [0.29, 0.717) is 4.90 Å². The van der Waals surface area contributed by atoms with Gasteiger partial charge in [-0.2, -0.15) is 13.2 Å². The molecule has 0 radical (unpaired) electrons. The van der Waals surface area contributed by atoms with Crippen molar-refractivity contribution in [1.29, 1.82) is 0 Å². The van der Waals surface area contributed by atoms with Gasteiger partial charge in [0.2, 0.25) is 0 Å². The van der Waals surface area contributed by atoms with Crippen molar-refractivity contribution in [3.05, 3.63) is 0 Å². The Balaban J connectivity index is 2.60. The van der Waals surface area contributed by atoms with E-state index in [-0.39, 0.29) is 25.9 Å². The Morgan fingerprint density at radius 3 is 2.20 bits per heavy atom. The zero-order valence-electron chi connectivity index (χ0n) is 10.8. The van der Waals surface area contributed by atoms with Crippen LogP contribution in [0.3, 0.4) is 0 Å². The molecule has 0 spiro atoms. The van der Waals surface area contributed by atoms with Crippen molar-refractivity contribution in [2.24, 2.45) is 5.92 Å². The summed E-state index contributed by atoms with van der Waals surface area (Å²) < 4.78 is 37.1. The van der Waals surface area contributed by atoms with Crippen LogP contribution in [-0.2, 0) is 4.79 Å². The molecule has 0 bridgehead atoms. The van der Waals surface area contributed by atoms with Gasteiger partial charge in [0.1, 0.15) is 6.54 Å². The molecule has 0 aromatic rings. The number of aliphatic hydroxyl groups is 1. The second-order valence-corrected chi connectivity index (χ2v) is 4.64. The van der Waals surface area contributed by atoms with Crippen LogP contribution in [0.15, 0.2) is 0 Å². The summed E-state index contributed by atoms with van der Waals surface area (Å²) in [6, 6.07) is -0.819. The fourth-order valence-electron chi connectivity index (χ4n) is 2.10. The molecule has 9 heteroatoms. The number of halogens is 3. The molecule has 0 saturated carbocycles. The molecule has 1 saturated heterocycles. The van der Waals surface area contributed by atoms with Gasteiger partial charge in [-0.1, -0.05) is 0 Å². The predicted molar refractivity (Wildman–Crippen MR) is 62.0 cm³/mol. The highest BCUT2D eigenvalue weighted by molar-refractivity contribution is 5.75. The number of hydrogen-bond acceptors (Lipinski definition) is 3. The maximum atomic E-state index is 12.4. The van der Waals surface area contributed by atoms with Crippen molar-refractivity contribution in [2.45, 2.75) is 19.0 Å². The lowest BCUT2D eigenvalue weighted by atomic mass is 9.97. The Morgan fingerprint density at radius 2 is 1.80 bits per heavy atom. The number of likely N-dealkylation sites (tertiary alicyclic amines) is 1. The van der Waals surface area contributed by atoms with Gasteiger partial charge in [-0.25, -0.2) is 4.79 Å². The Bertz CT molecular complexity index is 354. The summed E-state index contributed by atoms with van der Waals surface area (Å²) in [5, 5.41) is 17.6. The van der Waals surface area contributed by atoms with Crippen molar-refractivity contribution in [1.82, 2.24) is 9.80 Å². The molecule has 1 fully saturated rings. The Morgan fingerprint density at radius 1 is 1.25 bits per heavy atom. The van der Waals surface area contributed by atoms with Gasteiger partial charge in [-0.3, -0.25) is 4.79 Å². The number of aliphatic hydroxyl groups excluding tert-OH is 1. The van der Waals surface area contributed by atoms with E-state index in [1.807, 2.05) is 0 Å². The number of carbonyl (C=O) groups is 2. The molecular formula is C11H17F3N2O4. The van der Waals surface area contributed by atoms with Crippen LogP contribution in [0, 0.1) is 5.92 Å². The molecule has 2 N–H and O–H groups in total. The Hall–Kier alpha value is -1.51. The monoisotopic (exact) mass is 298 g/mol. The van der Waals surface area contributed by atoms with E-state index in [1.54, 1.807) is 0 Å². The zero-order chi connectivity index (χ0) is 15.3. The highest BCUT2D eigenvalue weighted by atomic mass is 19.4. The van der Waals surface area contributed by atoms with Crippen molar-refractivity contribution in [3.8, 4) is 0 Å². The summed E-state index contributed by atoms with van der Waals surface area (Å²) in [5.41, 5.74) is 0. The van der Waals surface area contributed by atoms with Crippen molar-refractivity contribution >= 4 is 12.0 Å². The van der Waals surface area contributed by atoms with Gasteiger partial charge in [-0.15, -0.1) is 0 Å². The maximum absolute atomic E-state index is 12.4. The third-order valence-corrected chi connectivity index (χ3v) is 3.13. The van der Waals surface area contributed by atoms with Crippen LogP contribution in [0.4, 0.5) is 18.0 Å². The highest BCUT2D eigenvalue weighted by Gasteiger charge is 2.36. The topological polar surface area (TPSA) is 81.1 Å². The van der Waals surface area contributed by atoms with E-state index >= 15 is 0 Å². The van der Waals surface area contributed by atoms with E-state index in [4.69, 9.17) is 10.2 Å². The molecule has 2 amide bonds. The van der Waals surface area contributed by atoms with Gasteiger partial charge in [0, 0.05) is 19.6 Å². The third kappa shape index (κ3) is 4.87. The molecule has 20 heavy (non-hydrogen) atoms. The second kappa shape index (κ2) is 6.78. The normalized spacial score (nSPS) is 17.1. The van der Waals surface area contributed by atoms with Crippen LogP contribution in [0.5, 0.6) is 0 Å². The minimum absolute atomic E-state index is 0.107. The van der Waals surface area contributed by atoms with Crippen LogP contribution in [-0.4, -0.2) is 71.0 Å². The average Bonchev–Trinajstić information content (AvgIpc) is 2.36. The zero-order valence-corrected chi connectivity index (χ0v) is 10.8. The van der Waals surface area contributed by atoms with Gasteiger partial charge in [0.25, 0.3) is 0 Å². The quantitative estimate of drug-likeness (QED) is 0.803. The first-order valence-electron chi connectivity index (χ1n) is 6.19. The van der Waals surface area contributed by atoms with Gasteiger partial charge in [0.05, 0.1) is 12.5 Å². The summed E-state index contributed by atoms with van der Waals surface area (Å²) >= 11 is 0. The van der Waals surface area contributed by atoms with Crippen LogP contribution < -0.4 is 0 Å². The first-order valence-corrected chi connectivity index (χ1v) is 6.19. The summed E-state index contributed by atoms with van der Waals surface area (Å²) in [5.74, 6) is -1.52. The molecule has 1 heterocycles. The standard InChI is InChI=1S/C11H17F3N2O4/c12-11(13,14)7-16(5-6-17)10(20)15-3-1-8(2-4-15)9(18)19/h8,17H,1-7H2,(H,18,19). The lowest BCUT2D eigenvalue weighted by molar-refractivity contribution is -0.143. The average molecular weight is 298 g/mol. The maximum Gasteiger partial charge on any atom is 0.406 e. The van der Waals surface area contributed by atoms with E-state index in [0.717, 1.165) is 0 Å². The number of alkyl halides is 3. The molecule has 0 aliphatic carbocycles. The summed E-state index contributed by atoms with van der Waals surface area (Å²) in [6.07, 6.45) is -4.09. The largest absolute Gasteiger partial charge is 0.481 e. The molecule has 0 aromatic carbocycles. The number of carboxylic acids is 1. The highest BCUT2D eigenvalue weighted by Crippen LogP contribution is 2.21. The van der Waals surface area contributed by atoms with Crippen LogP contribution in [0.1, 0.15) is 12.8 Å². The number of nitrogens with zero attached hydrogens (tertiary/aromatic N) is 2. The van der Waals surface area contributed by atoms with Crippen molar-refractivity contribution < 1.29 is 33.0 Å². The summed E-state index contributed by atoms with van der Waals surface area (Å²) in [7, 11) is 0. The van der Waals surface area contributed by atoms with E-state index < -0.39 is 43.8 Å². The lowest BCUT2D eigenvalue weighted by Crippen LogP contribution is -2.50. The molecule has 1 aliphatic rings. The number of aliphatic carboxylic acids is 1. The summed E-state index contributed by atoms with van der Waals surface area (Å²) in [4.78, 5) is 24.4. The molecule has 1 aliphatic heterocycles. The number of carbonyl (C=O) groups excluding carboxylic acids is 1. The minimum Gasteiger partial charge on any atom is -0.481 e. The number of rotatable bonds is 4. The fourth-order valence-corrected chi connectivity index (χ4v) is 2.10. The number of urea groups is 1. The Labute approximate surface area is 113 Å². The molecule has 0 unspecified atom stereocenters. The molecule has 0 atom stereocenters. The molecular weight excluding hydrogens is 281 g/mol. The number of hydrogen-bond donors (Lipinski definition) is 2. The molecule has 116 valence electrons. The first kappa shape index (κ1) is 16.5. The smallest absolute Gasteiger partial charge is 0.406 e. The Kier molecular flexibility index (Phi) is 5.61. The minimum atomic E-state index is -4.54. The molecule has 1 rings (SSSR count). The first-order chi connectivity index (χ1) is 9.24. The molecule has 0 aromatic heterocycles. The molecule has 6 nitrogen and oxygen atoms in total. The number of carboxylic acid groups (broad SMARTS) is 1. The van der Waals surface area contributed by atoms with E-state index in [9.17, 15) is 22.8 Å². The van der Waals surface area contributed by atoms with Gasteiger partial charge < -0.3 is 20.0 Å². The summed E-state index contributed by atoms with van der Waals surface area (Å²) in [6.45, 7) is -2.18. The van der Waals surface area contributed by atoms with E-state index in [1.165, 1.54) is 4.90 Å². The van der Waals surface area contributed by atoms with Crippen molar-refractivity contribution in [3.63, 3.8) is 0 Å². The van der Waals surface area contributed by atoms with Crippen LogP contribution in [0.2, 0.25) is 0 Å². The predicted octanol–water partition coefficient (Wildman–Crippen LogP) is 0.760. The van der Waals surface area contributed by atoms with Gasteiger partial charge in [0.15, 0.2) is 0 Å².